The molecule has 110 valence electrons. The van der Waals surface area contributed by atoms with Crippen LogP contribution in [-0.2, 0) is 4.79 Å². The van der Waals surface area contributed by atoms with Gasteiger partial charge in [-0.3, -0.25) is 9.69 Å². The van der Waals surface area contributed by atoms with Crippen molar-refractivity contribution in [2.24, 2.45) is 11.3 Å². The first-order valence-corrected chi connectivity index (χ1v) is 7.97. The Bertz CT molecular complexity index is 298. The zero-order chi connectivity index (χ0) is 13.9. The summed E-state index contributed by atoms with van der Waals surface area (Å²) in [5, 5.41) is 9.09. The molecule has 2 aliphatic rings. The summed E-state index contributed by atoms with van der Waals surface area (Å²) in [6.07, 6.45) is 10.7. The van der Waals surface area contributed by atoms with Crippen molar-refractivity contribution in [1.29, 1.82) is 0 Å². The molecule has 0 radical (unpaired) electrons. The lowest BCUT2D eigenvalue weighted by Gasteiger charge is -2.42. The van der Waals surface area contributed by atoms with Gasteiger partial charge in [-0.25, -0.2) is 0 Å². The van der Waals surface area contributed by atoms with E-state index < -0.39 is 5.97 Å². The van der Waals surface area contributed by atoms with E-state index in [1.165, 1.54) is 51.4 Å². The van der Waals surface area contributed by atoms with Gasteiger partial charge >= 0.3 is 5.97 Å². The Labute approximate surface area is 117 Å². The molecular weight excluding hydrogens is 238 g/mol. The van der Waals surface area contributed by atoms with Crippen LogP contribution in [0.25, 0.3) is 0 Å². The molecule has 0 aromatic carbocycles. The van der Waals surface area contributed by atoms with E-state index >= 15 is 0 Å². The molecule has 0 unspecified atom stereocenters. The highest BCUT2D eigenvalue weighted by atomic mass is 16.4. The van der Waals surface area contributed by atoms with Crippen molar-refractivity contribution >= 4 is 5.97 Å². The fourth-order valence-corrected chi connectivity index (χ4v) is 4.19. The molecule has 0 bridgehead atoms. The molecule has 0 amide bonds. The van der Waals surface area contributed by atoms with Gasteiger partial charge in [0.15, 0.2) is 0 Å². The van der Waals surface area contributed by atoms with Crippen LogP contribution in [0, 0.1) is 11.3 Å². The van der Waals surface area contributed by atoms with E-state index in [4.69, 9.17) is 5.11 Å². The molecule has 2 fully saturated rings. The maximum absolute atomic E-state index is 11.0. The van der Waals surface area contributed by atoms with E-state index in [0.29, 0.717) is 17.4 Å². The zero-order valence-electron chi connectivity index (χ0n) is 12.5. The third-order valence-electron chi connectivity index (χ3n) is 5.13. The van der Waals surface area contributed by atoms with Gasteiger partial charge in [-0.1, -0.05) is 26.7 Å². The van der Waals surface area contributed by atoms with Gasteiger partial charge < -0.3 is 5.11 Å². The standard InChI is InChI=1S/C16H29NO2/c1-13(2)11-17(12-15(18)19)14-5-9-16(10-6-14)7-3-4-8-16/h13-14H,3-12H2,1-2H3,(H,18,19). The zero-order valence-corrected chi connectivity index (χ0v) is 12.5. The molecule has 3 nitrogen and oxygen atoms in total. The first-order valence-electron chi connectivity index (χ1n) is 7.97. The highest BCUT2D eigenvalue weighted by Gasteiger charge is 2.39. The number of hydrogen-bond acceptors (Lipinski definition) is 2. The maximum Gasteiger partial charge on any atom is 0.317 e. The van der Waals surface area contributed by atoms with E-state index in [-0.39, 0.29) is 6.54 Å². The topological polar surface area (TPSA) is 40.5 Å². The minimum atomic E-state index is -0.679. The van der Waals surface area contributed by atoms with E-state index in [9.17, 15) is 4.79 Å². The minimum Gasteiger partial charge on any atom is -0.480 e. The number of aliphatic carboxylic acids is 1. The van der Waals surface area contributed by atoms with Crippen LogP contribution in [0.2, 0.25) is 0 Å². The summed E-state index contributed by atoms with van der Waals surface area (Å²) in [6.45, 7) is 5.49. The third-order valence-corrected chi connectivity index (χ3v) is 5.13. The second-order valence-electron chi connectivity index (χ2n) is 7.16. The van der Waals surface area contributed by atoms with Crippen LogP contribution in [0.5, 0.6) is 0 Å². The number of nitrogens with zero attached hydrogens (tertiary/aromatic N) is 1. The number of carboxylic acid groups (broad SMARTS) is 1. The molecule has 0 heterocycles. The number of carboxylic acids is 1. The smallest absolute Gasteiger partial charge is 0.317 e. The van der Waals surface area contributed by atoms with Gasteiger partial charge in [-0.2, -0.15) is 0 Å². The van der Waals surface area contributed by atoms with Crippen LogP contribution < -0.4 is 0 Å². The second kappa shape index (κ2) is 6.25. The largest absolute Gasteiger partial charge is 0.480 e. The Morgan fingerprint density at radius 2 is 1.79 bits per heavy atom. The molecule has 19 heavy (non-hydrogen) atoms. The summed E-state index contributed by atoms with van der Waals surface area (Å²) in [4.78, 5) is 13.3. The first-order chi connectivity index (χ1) is 9.01. The predicted molar refractivity (Wildman–Crippen MR) is 77.2 cm³/mol. The summed E-state index contributed by atoms with van der Waals surface area (Å²) in [6, 6.07) is 0.504. The van der Waals surface area contributed by atoms with Crippen molar-refractivity contribution in [1.82, 2.24) is 4.90 Å². The fraction of sp³-hybridized carbons (Fsp3) is 0.938. The van der Waals surface area contributed by atoms with Crippen LogP contribution >= 0.6 is 0 Å². The maximum atomic E-state index is 11.0. The lowest BCUT2D eigenvalue weighted by Crippen LogP contribution is -2.44. The van der Waals surface area contributed by atoms with E-state index in [2.05, 4.69) is 18.7 Å². The van der Waals surface area contributed by atoms with Crippen LogP contribution in [0.4, 0.5) is 0 Å². The fourth-order valence-electron chi connectivity index (χ4n) is 4.19. The Hall–Kier alpha value is -0.570. The van der Waals surface area contributed by atoms with Crippen molar-refractivity contribution in [2.75, 3.05) is 13.1 Å². The van der Waals surface area contributed by atoms with E-state index in [1.54, 1.807) is 0 Å². The van der Waals surface area contributed by atoms with Gasteiger partial charge in [0, 0.05) is 12.6 Å². The lowest BCUT2D eigenvalue weighted by atomic mass is 9.71. The summed E-state index contributed by atoms with van der Waals surface area (Å²) in [5.41, 5.74) is 0.642. The van der Waals surface area contributed by atoms with Crippen LogP contribution in [0.1, 0.15) is 65.2 Å². The van der Waals surface area contributed by atoms with Gasteiger partial charge in [-0.05, 0) is 49.9 Å². The third kappa shape index (κ3) is 3.95. The molecule has 1 spiro atoms. The first kappa shape index (κ1) is 14.8. The average Bonchev–Trinajstić information content (AvgIpc) is 2.76. The summed E-state index contributed by atoms with van der Waals surface area (Å²) in [7, 11) is 0. The van der Waals surface area contributed by atoms with Gasteiger partial charge in [0.25, 0.3) is 0 Å². The minimum absolute atomic E-state index is 0.218. The second-order valence-corrected chi connectivity index (χ2v) is 7.16. The summed E-state index contributed by atoms with van der Waals surface area (Å²) >= 11 is 0. The van der Waals surface area contributed by atoms with Crippen molar-refractivity contribution in [2.45, 2.75) is 71.3 Å². The molecule has 0 aromatic heterocycles. The SMILES string of the molecule is CC(C)CN(CC(=O)O)C1CCC2(CCCC2)CC1. The van der Waals surface area contributed by atoms with Gasteiger partial charge in [0.2, 0.25) is 0 Å². The summed E-state index contributed by atoms with van der Waals surface area (Å²) in [5.74, 6) is -0.136. The normalized spacial score (nSPS) is 23.6. The van der Waals surface area contributed by atoms with Crippen molar-refractivity contribution < 1.29 is 9.90 Å². The van der Waals surface area contributed by atoms with Gasteiger partial charge in [0.1, 0.15) is 0 Å². The molecule has 0 aromatic rings. The highest BCUT2D eigenvalue weighted by molar-refractivity contribution is 5.69. The molecule has 0 aliphatic heterocycles. The van der Waals surface area contributed by atoms with E-state index in [0.717, 1.165) is 6.54 Å². The Morgan fingerprint density at radius 1 is 1.21 bits per heavy atom. The highest BCUT2D eigenvalue weighted by Crippen LogP contribution is 2.49. The van der Waals surface area contributed by atoms with Crippen LogP contribution in [0.3, 0.4) is 0 Å². The molecule has 1 N–H and O–H groups in total. The molecule has 0 saturated heterocycles. The Morgan fingerprint density at radius 3 is 2.26 bits per heavy atom. The Kier molecular flexibility index (Phi) is 4.88. The number of rotatable bonds is 5. The molecule has 2 aliphatic carbocycles. The van der Waals surface area contributed by atoms with Crippen molar-refractivity contribution in [3.05, 3.63) is 0 Å². The molecule has 2 rings (SSSR count). The van der Waals surface area contributed by atoms with Gasteiger partial charge in [0.05, 0.1) is 6.54 Å². The van der Waals surface area contributed by atoms with Crippen molar-refractivity contribution in [3.63, 3.8) is 0 Å². The molecule has 0 atom stereocenters. The monoisotopic (exact) mass is 267 g/mol. The Balaban J connectivity index is 1.90. The molecular formula is C16H29NO2. The average molecular weight is 267 g/mol. The van der Waals surface area contributed by atoms with Crippen LogP contribution in [0.15, 0.2) is 0 Å². The molecule has 2 saturated carbocycles. The predicted octanol–water partition coefficient (Wildman–Crippen LogP) is 3.53. The summed E-state index contributed by atoms with van der Waals surface area (Å²) < 4.78 is 0. The van der Waals surface area contributed by atoms with Gasteiger partial charge in [-0.15, -0.1) is 0 Å². The molecule has 3 heteroatoms. The number of hydrogen-bond donors (Lipinski definition) is 1. The van der Waals surface area contributed by atoms with Crippen molar-refractivity contribution in [3.8, 4) is 0 Å². The lowest BCUT2D eigenvalue weighted by molar-refractivity contribution is -0.139. The van der Waals surface area contributed by atoms with E-state index in [1.807, 2.05) is 0 Å². The quantitative estimate of drug-likeness (QED) is 0.828. The number of carbonyl (C=O) groups is 1. The van der Waals surface area contributed by atoms with Crippen LogP contribution in [-0.4, -0.2) is 35.1 Å².